The minimum absolute atomic E-state index is 0.165. The van der Waals surface area contributed by atoms with Crippen LogP contribution in [0.2, 0.25) is 0 Å². The fourth-order valence-electron chi connectivity index (χ4n) is 2.91. The number of ether oxygens (including phenoxy) is 2. The predicted molar refractivity (Wildman–Crippen MR) is 105 cm³/mol. The topological polar surface area (TPSA) is 80.2 Å². The van der Waals surface area contributed by atoms with Gasteiger partial charge in [-0.2, -0.15) is 5.10 Å². The molecule has 0 aliphatic carbocycles. The molecule has 0 spiro atoms. The Morgan fingerprint density at radius 1 is 0.893 bits per heavy atom. The third kappa shape index (κ3) is 3.81. The summed E-state index contributed by atoms with van der Waals surface area (Å²) in [7, 11) is 0. The first-order valence-corrected chi connectivity index (χ1v) is 8.80. The van der Waals surface area contributed by atoms with Crippen molar-refractivity contribution < 1.29 is 19.4 Å². The smallest absolute Gasteiger partial charge is 0.285 e. The number of fused-ring (bicyclic) bond motifs is 1. The Bertz CT molecular complexity index is 987. The number of hydrogen-bond donors (Lipinski definition) is 2. The molecule has 140 valence electrons. The van der Waals surface area contributed by atoms with Crippen LogP contribution in [0, 0.1) is 0 Å². The maximum Gasteiger partial charge on any atom is 0.285 e. The molecule has 0 saturated carbocycles. The fourth-order valence-corrected chi connectivity index (χ4v) is 2.91. The van der Waals surface area contributed by atoms with E-state index in [1.54, 1.807) is 30.3 Å². The van der Waals surface area contributed by atoms with Gasteiger partial charge in [-0.15, -0.1) is 0 Å². The molecule has 1 heterocycles. The summed E-state index contributed by atoms with van der Waals surface area (Å²) < 4.78 is 12.0. The summed E-state index contributed by atoms with van der Waals surface area (Å²) in [5.74, 6) is 0.849. The van der Waals surface area contributed by atoms with Crippen molar-refractivity contribution in [3.05, 3.63) is 90.0 Å². The molecule has 0 saturated heterocycles. The van der Waals surface area contributed by atoms with E-state index in [1.807, 2.05) is 48.5 Å². The standard InChI is InChI=1S/C22H18N2O4/c25-17-12-10-15(11-13-17)14-23-24-22(26)21-20(16-6-2-1-3-7-16)27-18-8-4-5-9-19(18)28-21/h1-14,20-21,25H,(H,24,26)/b23-14-/t20-,21-/m1/s1. The molecular weight excluding hydrogens is 356 g/mol. The average molecular weight is 374 g/mol. The molecule has 2 N–H and O–H groups in total. The number of nitrogens with zero attached hydrogens (tertiary/aromatic N) is 1. The lowest BCUT2D eigenvalue weighted by Gasteiger charge is -2.32. The van der Waals surface area contributed by atoms with Crippen LogP contribution >= 0.6 is 0 Å². The van der Waals surface area contributed by atoms with Crippen molar-refractivity contribution in [3.63, 3.8) is 0 Å². The van der Waals surface area contributed by atoms with Crippen molar-refractivity contribution >= 4 is 12.1 Å². The molecule has 0 radical (unpaired) electrons. The minimum Gasteiger partial charge on any atom is -0.508 e. The highest BCUT2D eigenvalue weighted by Crippen LogP contribution is 2.39. The lowest BCUT2D eigenvalue weighted by atomic mass is 10.0. The lowest BCUT2D eigenvalue weighted by molar-refractivity contribution is -0.134. The van der Waals surface area contributed by atoms with E-state index < -0.39 is 18.1 Å². The Morgan fingerprint density at radius 2 is 1.54 bits per heavy atom. The summed E-state index contributed by atoms with van der Waals surface area (Å²) in [4.78, 5) is 12.8. The minimum atomic E-state index is -0.894. The molecule has 0 unspecified atom stereocenters. The van der Waals surface area contributed by atoms with Crippen molar-refractivity contribution in [1.29, 1.82) is 0 Å². The third-order valence-corrected chi connectivity index (χ3v) is 4.30. The van der Waals surface area contributed by atoms with Gasteiger partial charge < -0.3 is 14.6 Å². The SMILES string of the molecule is O=C(N/N=C\c1ccc(O)cc1)[C@@H]1Oc2ccccc2O[C@@H]1c1ccccc1. The summed E-state index contributed by atoms with van der Waals surface area (Å²) in [6.07, 6.45) is 0.00111. The van der Waals surface area contributed by atoms with Crippen LogP contribution in [0.3, 0.4) is 0 Å². The first kappa shape index (κ1) is 17.6. The third-order valence-electron chi connectivity index (χ3n) is 4.30. The molecule has 1 amide bonds. The molecule has 6 heteroatoms. The Kier molecular flexibility index (Phi) is 4.93. The molecule has 3 aromatic rings. The van der Waals surface area contributed by atoms with Gasteiger partial charge in [0, 0.05) is 0 Å². The Hall–Kier alpha value is -3.80. The first-order valence-electron chi connectivity index (χ1n) is 8.80. The number of hydrazone groups is 1. The summed E-state index contributed by atoms with van der Waals surface area (Å²) in [5.41, 5.74) is 4.08. The number of aromatic hydroxyl groups is 1. The first-order chi connectivity index (χ1) is 13.7. The molecule has 28 heavy (non-hydrogen) atoms. The number of benzene rings is 3. The van der Waals surface area contributed by atoms with Crippen LogP contribution in [0.25, 0.3) is 0 Å². The molecule has 4 rings (SSSR count). The van der Waals surface area contributed by atoms with Crippen molar-refractivity contribution in [3.8, 4) is 17.2 Å². The van der Waals surface area contributed by atoms with Crippen LogP contribution in [0.15, 0.2) is 84.0 Å². The van der Waals surface area contributed by atoms with Gasteiger partial charge in [0.1, 0.15) is 5.75 Å². The highest BCUT2D eigenvalue weighted by molar-refractivity contribution is 5.85. The molecule has 0 fully saturated rings. The quantitative estimate of drug-likeness (QED) is 0.542. The van der Waals surface area contributed by atoms with Crippen molar-refractivity contribution in [2.24, 2.45) is 5.10 Å². The van der Waals surface area contributed by atoms with Gasteiger partial charge in [-0.05, 0) is 47.5 Å². The average Bonchev–Trinajstić information content (AvgIpc) is 2.75. The van der Waals surface area contributed by atoms with E-state index >= 15 is 0 Å². The van der Waals surface area contributed by atoms with Gasteiger partial charge in [0.15, 0.2) is 17.6 Å². The molecular formula is C22H18N2O4. The highest BCUT2D eigenvalue weighted by Gasteiger charge is 2.38. The number of carbonyl (C=O) groups is 1. The summed E-state index contributed by atoms with van der Waals surface area (Å²) >= 11 is 0. The molecule has 2 atom stereocenters. The van der Waals surface area contributed by atoms with Gasteiger partial charge in [0.2, 0.25) is 6.10 Å². The molecule has 1 aliphatic heterocycles. The number of carbonyl (C=O) groups excluding carboxylic acids is 1. The zero-order chi connectivity index (χ0) is 19.3. The molecule has 0 bridgehead atoms. The number of nitrogens with one attached hydrogen (secondary N) is 1. The van der Waals surface area contributed by atoms with E-state index in [2.05, 4.69) is 10.5 Å². The second kappa shape index (κ2) is 7.84. The van der Waals surface area contributed by atoms with Gasteiger partial charge in [0.25, 0.3) is 5.91 Å². The normalized spacial score (nSPS) is 18.0. The van der Waals surface area contributed by atoms with Gasteiger partial charge in [-0.25, -0.2) is 5.43 Å². The zero-order valence-electron chi connectivity index (χ0n) is 14.9. The number of amides is 1. The van der Waals surface area contributed by atoms with Crippen LogP contribution in [0.5, 0.6) is 17.2 Å². The highest BCUT2D eigenvalue weighted by atomic mass is 16.6. The number of phenols is 1. The maximum atomic E-state index is 12.8. The lowest BCUT2D eigenvalue weighted by Crippen LogP contribution is -2.44. The van der Waals surface area contributed by atoms with Gasteiger partial charge in [0.05, 0.1) is 6.21 Å². The van der Waals surface area contributed by atoms with Crippen molar-refractivity contribution in [2.75, 3.05) is 0 Å². The van der Waals surface area contributed by atoms with Crippen molar-refractivity contribution in [1.82, 2.24) is 5.43 Å². The van der Waals surface area contributed by atoms with E-state index in [0.29, 0.717) is 11.5 Å². The number of hydrogen-bond acceptors (Lipinski definition) is 5. The fraction of sp³-hybridized carbons (Fsp3) is 0.0909. The van der Waals surface area contributed by atoms with E-state index in [1.165, 1.54) is 6.21 Å². The van der Waals surface area contributed by atoms with Crippen LogP contribution < -0.4 is 14.9 Å². The predicted octanol–water partition coefficient (Wildman–Crippen LogP) is 3.42. The number of rotatable bonds is 4. The molecule has 0 aromatic heterocycles. The van der Waals surface area contributed by atoms with Gasteiger partial charge in [-0.3, -0.25) is 4.79 Å². The zero-order valence-corrected chi connectivity index (χ0v) is 14.9. The Balaban J connectivity index is 1.54. The Morgan fingerprint density at radius 3 is 2.25 bits per heavy atom. The van der Waals surface area contributed by atoms with Gasteiger partial charge in [-0.1, -0.05) is 42.5 Å². The van der Waals surface area contributed by atoms with Crippen LogP contribution in [-0.4, -0.2) is 23.3 Å². The maximum absolute atomic E-state index is 12.8. The second-order valence-corrected chi connectivity index (χ2v) is 6.26. The van der Waals surface area contributed by atoms with Crippen LogP contribution in [0.1, 0.15) is 17.2 Å². The van der Waals surface area contributed by atoms with E-state index in [0.717, 1.165) is 11.1 Å². The summed E-state index contributed by atoms with van der Waals surface area (Å²) in [5, 5.41) is 13.3. The molecule has 6 nitrogen and oxygen atoms in total. The molecule has 1 aliphatic rings. The van der Waals surface area contributed by atoms with E-state index in [4.69, 9.17) is 9.47 Å². The number of phenolic OH excluding ortho intramolecular Hbond substituents is 1. The van der Waals surface area contributed by atoms with Gasteiger partial charge >= 0.3 is 0 Å². The van der Waals surface area contributed by atoms with E-state index in [9.17, 15) is 9.90 Å². The van der Waals surface area contributed by atoms with Crippen LogP contribution in [0.4, 0.5) is 0 Å². The second-order valence-electron chi connectivity index (χ2n) is 6.26. The largest absolute Gasteiger partial charge is 0.508 e. The summed E-state index contributed by atoms with van der Waals surface area (Å²) in [6, 6.07) is 23.2. The Labute approximate surface area is 162 Å². The van der Waals surface area contributed by atoms with E-state index in [-0.39, 0.29) is 5.75 Å². The summed E-state index contributed by atoms with van der Waals surface area (Å²) in [6.45, 7) is 0. The monoisotopic (exact) mass is 374 g/mol. The molecule has 3 aromatic carbocycles. The van der Waals surface area contributed by atoms with Crippen LogP contribution in [-0.2, 0) is 4.79 Å². The van der Waals surface area contributed by atoms with Crippen molar-refractivity contribution in [2.45, 2.75) is 12.2 Å². The number of para-hydroxylation sites is 2.